The van der Waals surface area contributed by atoms with Crippen LogP contribution < -0.4 is 0 Å². The average Bonchev–Trinajstić information content (AvgIpc) is 2.19. The highest BCUT2D eigenvalue weighted by molar-refractivity contribution is 5.76. The highest BCUT2D eigenvalue weighted by Gasteiger charge is 2.09. The molecule has 0 radical (unpaired) electrons. The highest BCUT2D eigenvalue weighted by Crippen LogP contribution is 2.01. The molecular weight excluding hydrogens is 180 g/mol. The van der Waals surface area contributed by atoms with Gasteiger partial charge < -0.3 is 10.0 Å². The fraction of sp³-hybridized carbons (Fsp3) is 0.800. The molecule has 0 spiro atoms. The van der Waals surface area contributed by atoms with Crippen LogP contribution in [0.5, 0.6) is 0 Å². The third kappa shape index (κ3) is 5.55. The largest absolute Gasteiger partial charge is 0.396 e. The molecule has 1 N–H and O–H groups in total. The van der Waals surface area contributed by atoms with E-state index in [1.807, 2.05) is 13.0 Å². The average molecular weight is 198 g/mol. The molecule has 4 heteroatoms. The van der Waals surface area contributed by atoms with Gasteiger partial charge in [0, 0.05) is 26.1 Å². The van der Waals surface area contributed by atoms with Crippen LogP contribution in [0, 0.1) is 11.3 Å². The van der Waals surface area contributed by atoms with Gasteiger partial charge in [0.15, 0.2) is 0 Å². The number of amides is 1. The Morgan fingerprint density at radius 3 is 2.71 bits per heavy atom. The number of nitriles is 1. The number of aliphatic hydroxyl groups excluding tert-OH is 1. The van der Waals surface area contributed by atoms with Crippen LogP contribution in [-0.2, 0) is 4.79 Å². The molecule has 0 aromatic heterocycles. The second-order valence-corrected chi connectivity index (χ2v) is 3.06. The minimum atomic E-state index is 0.0798. The number of aliphatic hydroxyl groups is 1. The topological polar surface area (TPSA) is 64.3 Å². The molecule has 4 nitrogen and oxygen atoms in total. The molecule has 0 aliphatic rings. The molecular formula is C10H18N2O2. The van der Waals surface area contributed by atoms with Gasteiger partial charge in [0.2, 0.25) is 5.91 Å². The van der Waals surface area contributed by atoms with Gasteiger partial charge in [-0.05, 0) is 19.8 Å². The van der Waals surface area contributed by atoms with Crippen LogP contribution in [0.15, 0.2) is 0 Å². The Morgan fingerprint density at radius 1 is 1.50 bits per heavy atom. The Kier molecular flexibility index (Phi) is 7.86. The molecule has 0 saturated heterocycles. The molecule has 0 aliphatic heterocycles. The smallest absolute Gasteiger partial charge is 0.222 e. The molecule has 0 bridgehead atoms. The molecule has 0 rings (SSSR count). The van der Waals surface area contributed by atoms with Gasteiger partial charge >= 0.3 is 0 Å². The Labute approximate surface area is 85.1 Å². The predicted octanol–water partition coefficient (Wildman–Crippen LogP) is 0.911. The number of hydrogen-bond acceptors (Lipinski definition) is 3. The second kappa shape index (κ2) is 8.52. The van der Waals surface area contributed by atoms with Crippen LogP contribution in [0.2, 0.25) is 0 Å². The molecule has 0 aromatic carbocycles. The molecule has 0 heterocycles. The molecule has 14 heavy (non-hydrogen) atoms. The van der Waals surface area contributed by atoms with Crippen LogP contribution in [0.4, 0.5) is 0 Å². The third-order valence-corrected chi connectivity index (χ3v) is 2.03. The number of carbonyl (C=O) groups excluding carboxylic acids is 1. The Morgan fingerprint density at radius 2 is 2.21 bits per heavy atom. The maximum absolute atomic E-state index is 11.5. The lowest BCUT2D eigenvalue weighted by Gasteiger charge is -2.19. The molecule has 1 amide bonds. The maximum Gasteiger partial charge on any atom is 0.222 e. The number of rotatable bonds is 7. The summed E-state index contributed by atoms with van der Waals surface area (Å²) in [6.45, 7) is 3.21. The zero-order valence-corrected chi connectivity index (χ0v) is 8.70. The van der Waals surface area contributed by atoms with E-state index in [4.69, 9.17) is 10.4 Å². The van der Waals surface area contributed by atoms with Crippen molar-refractivity contribution in [2.75, 3.05) is 19.7 Å². The monoisotopic (exact) mass is 198 g/mol. The first-order valence-electron chi connectivity index (χ1n) is 5.01. The van der Waals surface area contributed by atoms with E-state index in [9.17, 15) is 4.79 Å². The van der Waals surface area contributed by atoms with Crippen LogP contribution in [0.25, 0.3) is 0 Å². The Balaban J connectivity index is 3.74. The first-order chi connectivity index (χ1) is 6.76. The summed E-state index contributed by atoms with van der Waals surface area (Å²) in [5.74, 6) is 0.0798. The summed E-state index contributed by atoms with van der Waals surface area (Å²) in [4.78, 5) is 13.2. The summed E-state index contributed by atoms with van der Waals surface area (Å²) in [5.41, 5.74) is 0. The van der Waals surface area contributed by atoms with E-state index in [2.05, 4.69) is 0 Å². The predicted molar refractivity (Wildman–Crippen MR) is 53.4 cm³/mol. The van der Waals surface area contributed by atoms with Gasteiger partial charge in [0.1, 0.15) is 0 Å². The minimum absolute atomic E-state index is 0.0798. The second-order valence-electron chi connectivity index (χ2n) is 3.06. The van der Waals surface area contributed by atoms with Gasteiger partial charge in [-0.2, -0.15) is 5.26 Å². The van der Waals surface area contributed by atoms with Crippen molar-refractivity contribution in [3.63, 3.8) is 0 Å². The Hall–Kier alpha value is -1.08. The van der Waals surface area contributed by atoms with E-state index in [-0.39, 0.29) is 12.5 Å². The van der Waals surface area contributed by atoms with E-state index >= 15 is 0 Å². The summed E-state index contributed by atoms with van der Waals surface area (Å²) < 4.78 is 0. The summed E-state index contributed by atoms with van der Waals surface area (Å²) in [7, 11) is 0. The summed E-state index contributed by atoms with van der Waals surface area (Å²) in [6, 6.07) is 2.02. The van der Waals surface area contributed by atoms with Gasteiger partial charge in [0.25, 0.3) is 0 Å². The molecule has 0 aromatic rings. The minimum Gasteiger partial charge on any atom is -0.396 e. The van der Waals surface area contributed by atoms with Crippen LogP contribution in [0.1, 0.15) is 32.6 Å². The van der Waals surface area contributed by atoms with E-state index in [1.54, 1.807) is 4.90 Å². The van der Waals surface area contributed by atoms with Gasteiger partial charge in [-0.25, -0.2) is 0 Å². The molecule has 0 unspecified atom stereocenters. The number of carbonyl (C=O) groups is 1. The lowest BCUT2D eigenvalue weighted by atomic mass is 10.2. The van der Waals surface area contributed by atoms with Crippen LogP contribution >= 0.6 is 0 Å². The van der Waals surface area contributed by atoms with Crippen molar-refractivity contribution < 1.29 is 9.90 Å². The van der Waals surface area contributed by atoms with E-state index in [0.29, 0.717) is 32.4 Å². The fourth-order valence-electron chi connectivity index (χ4n) is 1.19. The van der Waals surface area contributed by atoms with Crippen molar-refractivity contribution in [1.29, 1.82) is 5.26 Å². The zero-order valence-electron chi connectivity index (χ0n) is 8.70. The molecule has 0 saturated carbocycles. The van der Waals surface area contributed by atoms with Gasteiger partial charge in [0.05, 0.1) is 12.5 Å². The zero-order chi connectivity index (χ0) is 10.8. The van der Waals surface area contributed by atoms with Gasteiger partial charge in [-0.3, -0.25) is 4.79 Å². The van der Waals surface area contributed by atoms with Crippen molar-refractivity contribution in [3.05, 3.63) is 0 Å². The van der Waals surface area contributed by atoms with Crippen LogP contribution in [0.3, 0.4) is 0 Å². The summed E-state index contributed by atoms with van der Waals surface area (Å²) in [6.07, 6.45) is 2.25. The maximum atomic E-state index is 11.5. The lowest BCUT2D eigenvalue weighted by molar-refractivity contribution is -0.131. The lowest BCUT2D eigenvalue weighted by Crippen LogP contribution is -2.31. The van der Waals surface area contributed by atoms with E-state index < -0.39 is 0 Å². The molecule has 0 fully saturated rings. The first-order valence-corrected chi connectivity index (χ1v) is 5.01. The standard InChI is InChI=1S/C10H18N2O2/c1-2-12(8-5-7-11)10(14)6-3-4-9-13/h13H,2-6,8-9H2,1H3. The quantitative estimate of drug-likeness (QED) is 0.618. The van der Waals surface area contributed by atoms with Crippen LogP contribution in [-0.4, -0.2) is 35.6 Å². The van der Waals surface area contributed by atoms with Gasteiger partial charge in [-0.15, -0.1) is 0 Å². The molecule has 80 valence electrons. The van der Waals surface area contributed by atoms with Gasteiger partial charge in [-0.1, -0.05) is 0 Å². The molecule has 0 aliphatic carbocycles. The fourth-order valence-corrected chi connectivity index (χ4v) is 1.19. The summed E-state index contributed by atoms with van der Waals surface area (Å²) >= 11 is 0. The van der Waals surface area contributed by atoms with Crippen molar-refractivity contribution in [3.8, 4) is 6.07 Å². The number of nitrogens with zero attached hydrogens (tertiary/aromatic N) is 2. The Bertz CT molecular complexity index is 199. The number of hydrogen-bond donors (Lipinski definition) is 1. The van der Waals surface area contributed by atoms with Crippen molar-refractivity contribution in [2.24, 2.45) is 0 Å². The first kappa shape index (κ1) is 12.9. The normalized spacial score (nSPS) is 9.50. The van der Waals surface area contributed by atoms with Crippen molar-refractivity contribution in [1.82, 2.24) is 4.90 Å². The summed E-state index contributed by atoms with van der Waals surface area (Å²) in [5, 5.41) is 16.9. The number of unbranched alkanes of at least 4 members (excludes halogenated alkanes) is 1. The van der Waals surface area contributed by atoms with E-state index in [1.165, 1.54) is 0 Å². The SMILES string of the molecule is CCN(CCC#N)C(=O)CCCCO. The third-order valence-electron chi connectivity index (χ3n) is 2.03. The molecule has 0 atom stereocenters. The van der Waals surface area contributed by atoms with E-state index in [0.717, 1.165) is 6.42 Å². The van der Waals surface area contributed by atoms with Crippen molar-refractivity contribution >= 4 is 5.91 Å². The van der Waals surface area contributed by atoms with Crippen molar-refractivity contribution in [2.45, 2.75) is 32.6 Å². The highest BCUT2D eigenvalue weighted by atomic mass is 16.3.